The lowest BCUT2D eigenvalue weighted by Gasteiger charge is -2.44. The zero-order chi connectivity index (χ0) is 19.0. The number of quaternary nitrogens is 1. The summed E-state index contributed by atoms with van der Waals surface area (Å²) in [6.07, 6.45) is 1.86. The van der Waals surface area contributed by atoms with Crippen LogP contribution in [0.2, 0.25) is 0 Å². The number of fused-ring (bicyclic) bond motifs is 2. The monoisotopic (exact) mass is 497 g/mol. The zero-order valence-electron chi connectivity index (χ0n) is 16.7. The smallest absolute Gasteiger partial charge is 0.231 e. The van der Waals surface area contributed by atoms with Crippen LogP contribution >= 0.6 is 0 Å². The van der Waals surface area contributed by atoms with Gasteiger partial charge < -0.3 is 47.8 Å². The molecule has 0 fully saturated rings. The van der Waals surface area contributed by atoms with Gasteiger partial charge in [-0.1, -0.05) is 30.3 Å². The molecule has 6 heteroatoms. The molecule has 0 saturated carbocycles. The third-order valence-corrected chi connectivity index (χ3v) is 5.89. The molecule has 0 spiro atoms. The van der Waals surface area contributed by atoms with E-state index in [1.807, 2.05) is 18.2 Å². The van der Waals surface area contributed by atoms with E-state index in [9.17, 15) is 5.11 Å². The maximum Gasteiger partial charge on any atom is 0.231 e. The van der Waals surface area contributed by atoms with Crippen molar-refractivity contribution in [1.29, 1.82) is 0 Å². The van der Waals surface area contributed by atoms with Gasteiger partial charge in [-0.2, -0.15) is 0 Å². The molecule has 0 amide bonds. The summed E-state index contributed by atoms with van der Waals surface area (Å²) in [5, 5.41) is 10.9. The average Bonchev–Trinajstić information content (AvgIpc) is 3.11. The Morgan fingerprint density at radius 1 is 1.21 bits per heavy atom. The first-order valence-corrected chi connectivity index (χ1v) is 9.53. The van der Waals surface area contributed by atoms with Gasteiger partial charge in [0.1, 0.15) is 6.04 Å². The zero-order valence-corrected chi connectivity index (χ0v) is 18.8. The minimum absolute atomic E-state index is 0. The van der Waals surface area contributed by atoms with Gasteiger partial charge in [0.05, 0.1) is 39.4 Å². The first-order valence-electron chi connectivity index (χ1n) is 9.53. The molecule has 2 atom stereocenters. The van der Waals surface area contributed by atoms with Gasteiger partial charge in [-0.15, -0.1) is 0 Å². The number of hydrogen-bond donors (Lipinski definition) is 1. The van der Waals surface area contributed by atoms with Crippen molar-refractivity contribution in [2.45, 2.75) is 31.4 Å². The van der Waals surface area contributed by atoms with Gasteiger partial charge in [-0.3, -0.25) is 0 Å². The molecule has 0 aromatic heterocycles. The van der Waals surface area contributed by atoms with Gasteiger partial charge in [-0.05, 0) is 23.6 Å². The summed E-state index contributed by atoms with van der Waals surface area (Å²) in [7, 11) is 6.14. The van der Waals surface area contributed by atoms with E-state index in [0.29, 0.717) is 18.6 Å². The van der Waals surface area contributed by atoms with Crippen molar-refractivity contribution in [2.24, 2.45) is 0 Å². The molecule has 28 heavy (non-hydrogen) atoms. The maximum atomic E-state index is 10.9. The van der Waals surface area contributed by atoms with Gasteiger partial charge in [0.25, 0.3) is 0 Å². The highest BCUT2D eigenvalue weighted by atomic mass is 127. The van der Waals surface area contributed by atoms with Crippen molar-refractivity contribution in [1.82, 2.24) is 0 Å². The Balaban J connectivity index is 0.00000225. The highest BCUT2D eigenvalue weighted by molar-refractivity contribution is 5.61. The van der Waals surface area contributed by atoms with Gasteiger partial charge in [0.2, 0.25) is 12.5 Å². The molecule has 0 aliphatic carbocycles. The Labute approximate surface area is 183 Å². The summed E-state index contributed by atoms with van der Waals surface area (Å²) < 4.78 is 17.9. The molecule has 2 aromatic carbocycles. The second-order valence-corrected chi connectivity index (χ2v) is 8.06. The lowest BCUT2D eigenvalue weighted by molar-refractivity contribution is -0.924. The standard InChI is InChI=1S/C22H28NO4.HI/c1-23(2)10-9-16-12-19-21(27-14-26-19)22(25-3)20(16)18(23)13-17(24)11-15-7-5-4-6-8-15;/h4-8,12,17-18,24H,9-11,13-14H2,1-3H3;1H/q+1;/p-1. The van der Waals surface area contributed by atoms with Crippen molar-refractivity contribution in [2.75, 3.05) is 34.5 Å². The summed E-state index contributed by atoms with van der Waals surface area (Å²) in [5.41, 5.74) is 3.56. The van der Waals surface area contributed by atoms with Crippen LogP contribution in [0.25, 0.3) is 0 Å². The molecule has 2 aromatic rings. The summed E-state index contributed by atoms with van der Waals surface area (Å²) in [6.45, 7) is 1.24. The molecule has 0 bridgehead atoms. The molecule has 2 unspecified atom stereocenters. The Hall–Kier alpha value is -1.51. The maximum absolute atomic E-state index is 10.9. The molecule has 5 nitrogen and oxygen atoms in total. The summed E-state index contributed by atoms with van der Waals surface area (Å²) in [6, 6.07) is 12.4. The highest BCUT2D eigenvalue weighted by Crippen LogP contribution is 2.51. The van der Waals surface area contributed by atoms with E-state index in [1.54, 1.807) is 7.11 Å². The Morgan fingerprint density at radius 3 is 2.68 bits per heavy atom. The molecule has 0 saturated heterocycles. The normalized spacial score (nSPS) is 20.1. The Morgan fingerprint density at radius 2 is 1.96 bits per heavy atom. The van der Waals surface area contributed by atoms with Gasteiger partial charge in [0, 0.05) is 12.8 Å². The first-order chi connectivity index (χ1) is 13.0. The predicted molar refractivity (Wildman–Crippen MR) is 103 cm³/mol. The van der Waals surface area contributed by atoms with E-state index in [-0.39, 0.29) is 36.8 Å². The average molecular weight is 497 g/mol. The molecule has 2 aliphatic rings. The van der Waals surface area contributed by atoms with Crippen molar-refractivity contribution in [3.05, 3.63) is 53.1 Å². The summed E-state index contributed by atoms with van der Waals surface area (Å²) >= 11 is 0. The van der Waals surface area contributed by atoms with Crippen LogP contribution in [0, 0.1) is 0 Å². The van der Waals surface area contributed by atoms with Gasteiger partial charge >= 0.3 is 0 Å². The number of likely N-dealkylation sites (N-methyl/N-ethyl adjacent to an activating group) is 1. The molecule has 2 aliphatic heterocycles. The van der Waals surface area contributed by atoms with E-state index >= 15 is 0 Å². The van der Waals surface area contributed by atoms with E-state index in [1.165, 1.54) is 5.56 Å². The molecule has 2 heterocycles. The number of hydrogen-bond acceptors (Lipinski definition) is 4. The lowest BCUT2D eigenvalue weighted by atomic mass is 9.85. The molecule has 1 N–H and O–H groups in total. The fourth-order valence-electron chi connectivity index (χ4n) is 4.40. The lowest BCUT2D eigenvalue weighted by Crippen LogP contribution is -3.00. The highest BCUT2D eigenvalue weighted by Gasteiger charge is 2.42. The number of methoxy groups -OCH3 is 1. The van der Waals surface area contributed by atoms with Crippen LogP contribution in [-0.4, -0.2) is 50.2 Å². The molecular weight excluding hydrogens is 469 g/mol. The summed E-state index contributed by atoms with van der Waals surface area (Å²) in [5.74, 6) is 2.23. The Kier molecular flexibility index (Phi) is 6.41. The van der Waals surface area contributed by atoms with Crippen LogP contribution < -0.4 is 38.2 Å². The predicted octanol–water partition coefficient (Wildman–Crippen LogP) is 0.0952. The van der Waals surface area contributed by atoms with Gasteiger partial charge in [0.15, 0.2) is 11.5 Å². The number of halogens is 1. The fourth-order valence-corrected chi connectivity index (χ4v) is 4.40. The van der Waals surface area contributed by atoms with Crippen molar-refractivity contribution in [3.63, 3.8) is 0 Å². The molecule has 0 radical (unpaired) electrons. The number of nitrogens with zero attached hydrogens (tertiary/aromatic N) is 1. The second kappa shape index (κ2) is 8.47. The van der Waals surface area contributed by atoms with E-state index < -0.39 is 6.10 Å². The SMILES string of the molecule is COc1c2c(cc3c1C(CC(O)Cc1ccccc1)[N+](C)(C)CC3)OCO2.[I-]. The minimum Gasteiger partial charge on any atom is -1.00 e. The van der Waals surface area contributed by atoms with Crippen LogP contribution in [0.3, 0.4) is 0 Å². The number of rotatable bonds is 5. The molecular formula is C22H28INO4. The van der Waals surface area contributed by atoms with Crippen LogP contribution in [0.1, 0.15) is 29.2 Å². The third-order valence-electron chi connectivity index (χ3n) is 5.89. The van der Waals surface area contributed by atoms with E-state index in [2.05, 4.69) is 32.3 Å². The molecule has 4 rings (SSSR count). The third kappa shape index (κ3) is 3.95. The quantitative estimate of drug-likeness (QED) is 0.471. The summed E-state index contributed by atoms with van der Waals surface area (Å²) in [4.78, 5) is 0. The number of aliphatic hydroxyl groups excluding tert-OH is 1. The number of aliphatic hydroxyl groups is 1. The van der Waals surface area contributed by atoms with E-state index in [0.717, 1.165) is 40.1 Å². The second-order valence-electron chi connectivity index (χ2n) is 8.06. The number of benzene rings is 2. The van der Waals surface area contributed by atoms with Crippen LogP contribution in [-0.2, 0) is 12.8 Å². The van der Waals surface area contributed by atoms with E-state index in [4.69, 9.17) is 14.2 Å². The topological polar surface area (TPSA) is 47.9 Å². The van der Waals surface area contributed by atoms with Crippen LogP contribution in [0.4, 0.5) is 0 Å². The minimum atomic E-state index is -0.420. The largest absolute Gasteiger partial charge is 1.00 e. The van der Waals surface area contributed by atoms with Gasteiger partial charge in [-0.25, -0.2) is 0 Å². The number of ether oxygens (including phenoxy) is 3. The van der Waals surface area contributed by atoms with Crippen molar-refractivity contribution in [3.8, 4) is 17.2 Å². The van der Waals surface area contributed by atoms with Crippen LogP contribution in [0.5, 0.6) is 17.2 Å². The fraction of sp³-hybridized carbons (Fsp3) is 0.455. The first kappa shape index (κ1) is 21.2. The van der Waals surface area contributed by atoms with Crippen molar-refractivity contribution >= 4 is 0 Å². The van der Waals surface area contributed by atoms with Crippen molar-refractivity contribution < 1.29 is 47.8 Å². The Bertz CT molecular complexity index is 825. The molecule has 152 valence electrons. The van der Waals surface area contributed by atoms with Crippen LogP contribution in [0.15, 0.2) is 36.4 Å².